The monoisotopic (exact) mass is 452 g/mol. The van der Waals surface area contributed by atoms with Crippen molar-refractivity contribution >= 4 is 17.8 Å². The molecular formula is C25H32N4O4. The maximum absolute atomic E-state index is 12.9. The van der Waals surface area contributed by atoms with Crippen molar-refractivity contribution in [2.75, 3.05) is 40.3 Å². The average Bonchev–Trinajstić information content (AvgIpc) is 3.10. The van der Waals surface area contributed by atoms with Crippen LogP contribution in [0.25, 0.3) is 0 Å². The van der Waals surface area contributed by atoms with E-state index in [2.05, 4.69) is 10.6 Å². The quantitative estimate of drug-likeness (QED) is 0.673. The van der Waals surface area contributed by atoms with Crippen LogP contribution in [-0.2, 0) is 16.0 Å². The number of methoxy groups -OCH3 is 1. The van der Waals surface area contributed by atoms with E-state index in [1.807, 2.05) is 64.4 Å². The molecule has 1 unspecified atom stereocenters. The van der Waals surface area contributed by atoms with E-state index in [0.717, 1.165) is 23.3 Å². The zero-order valence-corrected chi connectivity index (χ0v) is 19.3. The van der Waals surface area contributed by atoms with Crippen molar-refractivity contribution < 1.29 is 19.1 Å². The molecule has 33 heavy (non-hydrogen) atoms. The number of imide groups is 1. The van der Waals surface area contributed by atoms with Gasteiger partial charge < -0.3 is 15.0 Å². The summed E-state index contributed by atoms with van der Waals surface area (Å²) < 4.78 is 5.18. The molecule has 2 aromatic rings. The Morgan fingerprint density at radius 3 is 2.36 bits per heavy atom. The van der Waals surface area contributed by atoms with Crippen molar-refractivity contribution in [2.24, 2.45) is 0 Å². The second kappa shape index (κ2) is 12.0. The van der Waals surface area contributed by atoms with Crippen molar-refractivity contribution in [1.29, 1.82) is 0 Å². The number of nitrogens with one attached hydrogen (secondary N) is 2. The Labute approximate surface area is 194 Å². The van der Waals surface area contributed by atoms with Gasteiger partial charge in [-0.3, -0.25) is 19.8 Å². The summed E-state index contributed by atoms with van der Waals surface area (Å²) >= 11 is 0. The Morgan fingerprint density at radius 1 is 0.970 bits per heavy atom. The molecule has 8 heteroatoms. The maximum Gasteiger partial charge on any atom is 0.321 e. The van der Waals surface area contributed by atoms with Gasteiger partial charge in [0.05, 0.1) is 7.11 Å². The molecule has 2 aromatic carbocycles. The third kappa shape index (κ3) is 6.79. The van der Waals surface area contributed by atoms with Crippen LogP contribution in [0.2, 0.25) is 0 Å². The fourth-order valence-corrected chi connectivity index (χ4v) is 4.05. The molecule has 0 radical (unpaired) electrons. The standard InChI is InChI=1S/C25H32N4O4/c1-26-25(32)27-24(31)23(20-7-4-3-5-8-20)29-16-6-15-28(17-18-29)22(30)14-11-19-9-12-21(33-2)13-10-19/h3-5,7-10,12-13,23H,6,11,14-18H2,1-2H3,(H2,26,27,31,32). The van der Waals surface area contributed by atoms with Crippen LogP contribution >= 0.6 is 0 Å². The molecular weight excluding hydrogens is 420 g/mol. The van der Waals surface area contributed by atoms with E-state index < -0.39 is 12.1 Å². The smallest absolute Gasteiger partial charge is 0.321 e. The van der Waals surface area contributed by atoms with Crippen LogP contribution in [0.5, 0.6) is 5.75 Å². The summed E-state index contributed by atoms with van der Waals surface area (Å²) in [5, 5.41) is 4.83. The molecule has 0 bridgehead atoms. The summed E-state index contributed by atoms with van der Waals surface area (Å²) in [6.07, 6.45) is 1.86. The first kappa shape index (κ1) is 24.3. The molecule has 0 aliphatic carbocycles. The van der Waals surface area contributed by atoms with Crippen LogP contribution in [0.1, 0.15) is 30.0 Å². The number of urea groups is 1. The molecule has 1 aliphatic heterocycles. The first-order valence-corrected chi connectivity index (χ1v) is 11.2. The highest BCUT2D eigenvalue weighted by Gasteiger charge is 2.30. The van der Waals surface area contributed by atoms with E-state index >= 15 is 0 Å². The largest absolute Gasteiger partial charge is 0.497 e. The normalized spacial score (nSPS) is 15.3. The van der Waals surface area contributed by atoms with E-state index in [9.17, 15) is 14.4 Å². The molecule has 1 heterocycles. The molecule has 8 nitrogen and oxygen atoms in total. The topological polar surface area (TPSA) is 91.0 Å². The molecule has 1 atom stereocenters. The highest BCUT2D eigenvalue weighted by atomic mass is 16.5. The van der Waals surface area contributed by atoms with Crippen LogP contribution < -0.4 is 15.4 Å². The molecule has 2 N–H and O–H groups in total. The van der Waals surface area contributed by atoms with Gasteiger partial charge in [-0.05, 0) is 36.1 Å². The van der Waals surface area contributed by atoms with Gasteiger partial charge in [-0.25, -0.2) is 4.79 Å². The molecule has 1 saturated heterocycles. The average molecular weight is 453 g/mol. The van der Waals surface area contributed by atoms with Gasteiger partial charge in [-0.15, -0.1) is 0 Å². The minimum atomic E-state index is -0.599. The first-order chi connectivity index (χ1) is 16.0. The van der Waals surface area contributed by atoms with Crippen molar-refractivity contribution in [3.8, 4) is 5.75 Å². The van der Waals surface area contributed by atoms with E-state index in [-0.39, 0.29) is 11.8 Å². The lowest BCUT2D eigenvalue weighted by atomic mass is 10.0. The highest BCUT2D eigenvalue weighted by Crippen LogP contribution is 2.23. The Kier molecular flexibility index (Phi) is 8.83. The number of carbonyl (C=O) groups excluding carboxylic acids is 3. The van der Waals surface area contributed by atoms with Crippen LogP contribution in [-0.4, -0.2) is 68.0 Å². The number of aryl methyl sites for hydroxylation is 1. The van der Waals surface area contributed by atoms with E-state index in [1.165, 1.54) is 7.05 Å². The molecule has 1 aliphatic rings. The van der Waals surface area contributed by atoms with Crippen LogP contribution in [0, 0.1) is 0 Å². The molecule has 3 rings (SSSR count). The summed E-state index contributed by atoms with van der Waals surface area (Å²) in [6, 6.07) is 16.0. The van der Waals surface area contributed by atoms with Crippen molar-refractivity contribution in [1.82, 2.24) is 20.4 Å². The molecule has 0 aromatic heterocycles. The summed E-state index contributed by atoms with van der Waals surface area (Å²) in [5.41, 5.74) is 1.91. The minimum absolute atomic E-state index is 0.110. The predicted octanol–water partition coefficient (Wildman–Crippen LogP) is 2.36. The molecule has 4 amide bonds. The van der Waals surface area contributed by atoms with Gasteiger partial charge in [0.15, 0.2) is 0 Å². The first-order valence-electron chi connectivity index (χ1n) is 11.2. The Balaban J connectivity index is 1.62. The Hall–Kier alpha value is -3.39. The number of hydrogen-bond acceptors (Lipinski definition) is 5. The third-order valence-corrected chi connectivity index (χ3v) is 5.86. The number of ether oxygens (including phenoxy) is 1. The van der Waals surface area contributed by atoms with Gasteiger partial charge in [0.2, 0.25) is 11.8 Å². The lowest BCUT2D eigenvalue weighted by Crippen LogP contribution is -2.46. The highest BCUT2D eigenvalue weighted by molar-refractivity contribution is 5.97. The number of nitrogens with zero attached hydrogens (tertiary/aromatic N) is 2. The SMILES string of the molecule is CNC(=O)NC(=O)C(c1ccccc1)N1CCCN(C(=O)CCc2ccc(OC)cc2)CC1. The van der Waals surface area contributed by atoms with Gasteiger partial charge >= 0.3 is 6.03 Å². The lowest BCUT2D eigenvalue weighted by molar-refractivity contribution is -0.131. The predicted molar refractivity (Wildman–Crippen MR) is 126 cm³/mol. The third-order valence-electron chi connectivity index (χ3n) is 5.86. The van der Waals surface area contributed by atoms with E-state index in [1.54, 1.807) is 7.11 Å². The molecule has 0 spiro atoms. The molecule has 1 fully saturated rings. The summed E-state index contributed by atoms with van der Waals surface area (Å²) in [7, 11) is 3.10. The van der Waals surface area contributed by atoms with Gasteiger partial charge in [0, 0.05) is 39.6 Å². The Bertz CT molecular complexity index is 933. The fraction of sp³-hybridized carbons (Fsp3) is 0.400. The number of hydrogen-bond donors (Lipinski definition) is 2. The van der Waals surface area contributed by atoms with E-state index in [4.69, 9.17) is 4.74 Å². The zero-order chi connectivity index (χ0) is 23.6. The summed E-state index contributed by atoms with van der Waals surface area (Å²) in [5.74, 6) is 0.532. The maximum atomic E-state index is 12.9. The van der Waals surface area contributed by atoms with Crippen LogP contribution in [0.3, 0.4) is 0 Å². The molecule has 176 valence electrons. The Morgan fingerprint density at radius 2 is 1.70 bits per heavy atom. The second-order valence-corrected chi connectivity index (χ2v) is 8.00. The number of carbonyl (C=O) groups is 3. The fourth-order valence-electron chi connectivity index (χ4n) is 4.05. The van der Waals surface area contributed by atoms with Crippen LogP contribution in [0.4, 0.5) is 4.79 Å². The van der Waals surface area contributed by atoms with Crippen molar-refractivity contribution in [3.63, 3.8) is 0 Å². The minimum Gasteiger partial charge on any atom is -0.497 e. The summed E-state index contributed by atoms with van der Waals surface area (Å²) in [4.78, 5) is 41.5. The van der Waals surface area contributed by atoms with Gasteiger partial charge in [0.1, 0.15) is 11.8 Å². The van der Waals surface area contributed by atoms with Gasteiger partial charge in [-0.1, -0.05) is 42.5 Å². The van der Waals surface area contributed by atoms with Gasteiger partial charge in [-0.2, -0.15) is 0 Å². The second-order valence-electron chi connectivity index (χ2n) is 8.00. The number of amides is 4. The van der Waals surface area contributed by atoms with Crippen molar-refractivity contribution in [3.05, 3.63) is 65.7 Å². The number of benzene rings is 2. The van der Waals surface area contributed by atoms with E-state index in [0.29, 0.717) is 39.0 Å². The van der Waals surface area contributed by atoms with Crippen LogP contribution in [0.15, 0.2) is 54.6 Å². The summed E-state index contributed by atoms with van der Waals surface area (Å²) in [6.45, 7) is 2.40. The molecule has 0 saturated carbocycles. The number of rotatable bonds is 7. The van der Waals surface area contributed by atoms with Crippen molar-refractivity contribution in [2.45, 2.75) is 25.3 Å². The lowest BCUT2D eigenvalue weighted by Gasteiger charge is -2.29. The van der Waals surface area contributed by atoms with Gasteiger partial charge in [0.25, 0.3) is 0 Å². The zero-order valence-electron chi connectivity index (χ0n) is 19.3.